The molecule has 0 spiro atoms. The first-order valence-electron chi connectivity index (χ1n) is 9.22. The second-order valence-electron chi connectivity index (χ2n) is 6.97. The summed E-state index contributed by atoms with van der Waals surface area (Å²) in [5, 5.41) is 48.8. The highest BCUT2D eigenvalue weighted by atomic mass is 16.7. The summed E-state index contributed by atoms with van der Waals surface area (Å²) in [4.78, 5) is 12.8. The third-order valence-corrected chi connectivity index (χ3v) is 4.96. The summed E-state index contributed by atoms with van der Waals surface area (Å²) in [6.45, 7) is -0.599. The van der Waals surface area contributed by atoms with Gasteiger partial charge in [0.15, 0.2) is 5.43 Å². The van der Waals surface area contributed by atoms with Crippen LogP contribution < -0.4 is 10.2 Å². The van der Waals surface area contributed by atoms with E-state index in [1.165, 1.54) is 24.3 Å². The molecule has 2 heterocycles. The van der Waals surface area contributed by atoms with Gasteiger partial charge >= 0.3 is 0 Å². The average Bonchev–Trinajstić information content (AvgIpc) is 2.74. The Morgan fingerprint density at radius 1 is 0.967 bits per heavy atom. The molecule has 1 saturated heterocycles. The second-order valence-corrected chi connectivity index (χ2v) is 6.97. The molecule has 2 aromatic carbocycles. The molecule has 4 rings (SSSR count). The average molecular weight is 416 g/mol. The zero-order chi connectivity index (χ0) is 21.4. The monoisotopic (exact) mass is 416 g/mol. The van der Waals surface area contributed by atoms with E-state index < -0.39 is 42.7 Å². The van der Waals surface area contributed by atoms with Gasteiger partial charge in [-0.05, 0) is 36.4 Å². The van der Waals surface area contributed by atoms with Crippen molar-refractivity contribution in [2.75, 3.05) is 6.61 Å². The SMILES string of the molecule is O=c1cc(-c2ccc(O)cc2)oc2cccc(O[C@@H]3O[C@H](CO)[C@@H](O)[C@H](O)[C@H]3O)c12. The predicted octanol–water partition coefficient (Wildman–Crippen LogP) is 0.344. The van der Waals surface area contributed by atoms with Crippen LogP contribution in [0.4, 0.5) is 0 Å². The quantitative estimate of drug-likeness (QED) is 0.406. The van der Waals surface area contributed by atoms with Crippen LogP contribution in [-0.2, 0) is 4.74 Å². The van der Waals surface area contributed by atoms with Crippen molar-refractivity contribution in [1.29, 1.82) is 0 Å². The molecular formula is C21H20O9. The van der Waals surface area contributed by atoms with Crippen molar-refractivity contribution in [2.24, 2.45) is 0 Å². The van der Waals surface area contributed by atoms with Crippen LogP contribution in [0.15, 0.2) is 57.7 Å². The second kappa shape index (κ2) is 8.05. The van der Waals surface area contributed by atoms with E-state index in [9.17, 15) is 30.3 Å². The normalized spacial score (nSPS) is 26.6. The van der Waals surface area contributed by atoms with Crippen LogP contribution in [0.3, 0.4) is 0 Å². The van der Waals surface area contributed by atoms with Gasteiger partial charge in [-0.1, -0.05) is 6.07 Å². The molecule has 1 aliphatic heterocycles. The zero-order valence-electron chi connectivity index (χ0n) is 15.6. The maximum absolute atomic E-state index is 12.8. The van der Waals surface area contributed by atoms with Gasteiger partial charge in [-0.15, -0.1) is 0 Å². The Bertz CT molecular complexity index is 1090. The zero-order valence-corrected chi connectivity index (χ0v) is 15.6. The molecule has 9 heteroatoms. The van der Waals surface area contributed by atoms with Gasteiger partial charge in [0.2, 0.25) is 6.29 Å². The number of phenolic OH excluding ortho intramolecular Hbond substituents is 1. The first-order chi connectivity index (χ1) is 14.4. The lowest BCUT2D eigenvalue weighted by Crippen LogP contribution is -2.60. The number of phenols is 1. The van der Waals surface area contributed by atoms with Gasteiger partial charge < -0.3 is 39.4 Å². The highest BCUT2D eigenvalue weighted by Gasteiger charge is 2.44. The number of benzene rings is 2. The molecule has 1 fully saturated rings. The summed E-state index contributed by atoms with van der Waals surface area (Å²) >= 11 is 0. The van der Waals surface area contributed by atoms with Gasteiger partial charge in [0.1, 0.15) is 52.6 Å². The number of fused-ring (bicyclic) bond motifs is 1. The smallest absolute Gasteiger partial charge is 0.229 e. The van der Waals surface area contributed by atoms with Gasteiger partial charge in [0.05, 0.1) is 6.61 Å². The van der Waals surface area contributed by atoms with Crippen molar-refractivity contribution in [3.63, 3.8) is 0 Å². The van der Waals surface area contributed by atoms with Crippen LogP contribution in [0.1, 0.15) is 0 Å². The van der Waals surface area contributed by atoms with Gasteiger partial charge in [-0.2, -0.15) is 0 Å². The minimum absolute atomic E-state index is 0.0443. The van der Waals surface area contributed by atoms with E-state index in [2.05, 4.69) is 0 Å². The van der Waals surface area contributed by atoms with Gasteiger partial charge in [0.25, 0.3) is 0 Å². The van der Waals surface area contributed by atoms with E-state index in [1.807, 2.05) is 0 Å². The molecule has 0 aliphatic carbocycles. The Morgan fingerprint density at radius 3 is 2.40 bits per heavy atom. The Morgan fingerprint density at radius 2 is 1.70 bits per heavy atom. The Labute approximate surface area is 170 Å². The van der Waals surface area contributed by atoms with Crippen molar-refractivity contribution < 1.29 is 39.4 Å². The predicted molar refractivity (Wildman–Crippen MR) is 104 cm³/mol. The number of aromatic hydroxyl groups is 1. The molecule has 3 aromatic rings. The van der Waals surface area contributed by atoms with Gasteiger partial charge in [-0.3, -0.25) is 4.79 Å². The van der Waals surface area contributed by atoms with E-state index in [1.54, 1.807) is 24.3 Å². The third kappa shape index (κ3) is 3.64. The van der Waals surface area contributed by atoms with Crippen molar-refractivity contribution >= 4 is 11.0 Å². The van der Waals surface area contributed by atoms with E-state index in [0.29, 0.717) is 5.56 Å². The lowest BCUT2D eigenvalue weighted by molar-refractivity contribution is -0.277. The highest BCUT2D eigenvalue weighted by Crippen LogP contribution is 2.30. The summed E-state index contributed by atoms with van der Waals surface area (Å²) < 4.78 is 16.8. The van der Waals surface area contributed by atoms with Crippen molar-refractivity contribution in [2.45, 2.75) is 30.7 Å². The molecule has 0 radical (unpaired) electrons. The van der Waals surface area contributed by atoms with Crippen LogP contribution >= 0.6 is 0 Å². The summed E-state index contributed by atoms with van der Waals surface area (Å²) in [5.41, 5.74) is 0.388. The van der Waals surface area contributed by atoms with Crippen LogP contribution in [0.5, 0.6) is 11.5 Å². The van der Waals surface area contributed by atoms with E-state index in [0.717, 1.165) is 0 Å². The number of ether oxygens (including phenoxy) is 2. The van der Waals surface area contributed by atoms with Crippen molar-refractivity contribution in [3.8, 4) is 22.8 Å². The Balaban J connectivity index is 1.70. The molecule has 0 saturated carbocycles. The highest BCUT2D eigenvalue weighted by molar-refractivity contribution is 5.84. The molecule has 5 N–H and O–H groups in total. The van der Waals surface area contributed by atoms with Gasteiger partial charge in [0, 0.05) is 11.6 Å². The fourth-order valence-corrected chi connectivity index (χ4v) is 3.33. The molecule has 0 bridgehead atoms. The number of hydrogen-bond donors (Lipinski definition) is 5. The fraction of sp³-hybridized carbons (Fsp3) is 0.286. The third-order valence-electron chi connectivity index (χ3n) is 4.96. The maximum atomic E-state index is 12.8. The van der Waals surface area contributed by atoms with Crippen LogP contribution in [0.25, 0.3) is 22.3 Å². The maximum Gasteiger partial charge on any atom is 0.229 e. The Hall–Kier alpha value is -2.95. The van der Waals surface area contributed by atoms with Crippen molar-refractivity contribution in [3.05, 3.63) is 58.8 Å². The molecule has 158 valence electrons. The molecule has 5 atom stereocenters. The van der Waals surface area contributed by atoms with E-state index in [4.69, 9.17) is 13.9 Å². The lowest BCUT2D eigenvalue weighted by Gasteiger charge is -2.39. The first kappa shape index (κ1) is 20.3. The number of aliphatic hydroxyl groups excluding tert-OH is 4. The molecular weight excluding hydrogens is 396 g/mol. The summed E-state index contributed by atoms with van der Waals surface area (Å²) in [7, 11) is 0. The first-order valence-corrected chi connectivity index (χ1v) is 9.22. The van der Waals surface area contributed by atoms with Crippen LogP contribution in [-0.4, -0.2) is 62.8 Å². The Kier molecular flexibility index (Phi) is 5.46. The summed E-state index contributed by atoms with van der Waals surface area (Å²) in [6, 6.07) is 12.0. The number of hydrogen-bond acceptors (Lipinski definition) is 9. The minimum atomic E-state index is -1.61. The molecule has 0 amide bonds. The molecule has 1 aliphatic rings. The topological polar surface area (TPSA) is 150 Å². The fourth-order valence-electron chi connectivity index (χ4n) is 3.33. The van der Waals surface area contributed by atoms with Gasteiger partial charge in [-0.25, -0.2) is 0 Å². The summed E-state index contributed by atoms with van der Waals surface area (Å²) in [5.74, 6) is 0.414. The molecule has 1 aromatic heterocycles. The molecule has 0 unspecified atom stereocenters. The number of aliphatic hydroxyl groups is 4. The lowest BCUT2D eigenvalue weighted by atomic mass is 9.99. The van der Waals surface area contributed by atoms with Crippen LogP contribution in [0.2, 0.25) is 0 Å². The summed E-state index contributed by atoms with van der Waals surface area (Å²) in [6.07, 6.45) is -7.30. The van der Waals surface area contributed by atoms with Crippen molar-refractivity contribution in [1.82, 2.24) is 0 Å². The standard InChI is InChI=1S/C21H20O9/c22-9-16-18(25)19(26)20(27)21(30-16)29-14-3-1-2-13-17(14)12(24)8-15(28-13)10-4-6-11(23)7-5-10/h1-8,16,18-23,25-27H,9H2/t16-,18-,19+,20-,21-/m1/s1. The molecule has 30 heavy (non-hydrogen) atoms. The molecule has 9 nitrogen and oxygen atoms in total. The van der Waals surface area contributed by atoms with E-state index in [-0.39, 0.29) is 28.2 Å². The minimum Gasteiger partial charge on any atom is -0.508 e. The largest absolute Gasteiger partial charge is 0.508 e. The number of rotatable bonds is 4. The van der Waals surface area contributed by atoms with E-state index >= 15 is 0 Å². The van der Waals surface area contributed by atoms with Crippen LogP contribution in [0, 0.1) is 0 Å².